The number of nitrogens with two attached hydrogens (primary N) is 1. The molecule has 7 heteroatoms. The number of hydrogen-bond acceptors (Lipinski definition) is 4. The molecule has 1 aliphatic rings. The van der Waals surface area contributed by atoms with Crippen LogP contribution >= 0.6 is 0 Å². The number of sulfonamides is 1. The van der Waals surface area contributed by atoms with E-state index in [-0.39, 0.29) is 16.8 Å². The maximum atomic E-state index is 12.4. The fraction of sp³-hybridized carbons (Fsp3) is 0.533. The number of rotatable bonds is 3. The summed E-state index contributed by atoms with van der Waals surface area (Å²) < 4.78 is 23.3. The number of amides is 1. The van der Waals surface area contributed by atoms with E-state index in [0.717, 1.165) is 25.1 Å². The number of benzene rings is 1. The molecule has 1 aliphatic heterocycles. The lowest BCUT2D eigenvalue weighted by Gasteiger charge is -2.30. The molecule has 6 nitrogen and oxygen atoms in total. The second-order valence-corrected chi connectivity index (χ2v) is 7.54. The van der Waals surface area contributed by atoms with Crippen molar-refractivity contribution in [3.05, 3.63) is 28.8 Å². The largest absolute Gasteiger partial charge is 0.348 e. The Morgan fingerprint density at radius 1 is 1.36 bits per heavy atom. The second-order valence-electron chi connectivity index (χ2n) is 6.01. The molecule has 2 rings (SSSR count). The molecule has 0 spiro atoms. The van der Waals surface area contributed by atoms with Crippen LogP contribution in [-0.4, -0.2) is 33.5 Å². The molecule has 0 bridgehead atoms. The van der Waals surface area contributed by atoms with Crippen molar-refractivity contribution < 1.29 is 13.2 Å². The number of hydrogen-bond donors (Lipinski definition) is 3. The number of carbonyl (C=O) groups excluding carboxylic acids is 1. The first-order chi connectivity index (χ1) is 10.2. The van der Waals surface area contributed by atoms with Crippen molar-refractivity contribution >= 4 is 15.9 Å². The summed E-state index contributed by atoms with van der Waals surface area (Å²) in [6.07, 6.45) is 1.00. The highest BCUT2D eigenvalue weighted by molar-refractivity contribution is 7.89. The van der Waals surface area contributed by atoms with Crippen molar-refractivity contribution in [2.45, 2.75) is 38.1 Å². The smallest absolute Gasteiger partial charge is 0.251 e. The molecule has 122 valence electrons. The Labute approximate surface area is 131 Å². The lowest BCUT2D eigenvalue weighted by atomic mass is 9.94. The fourth-order valence-corrected chi connectivity index (χ4v) is 3.57. The first-order valence-corrected chi connectivity index (χ1v) is 8.90. The summed E-state index contributed by atoms with van der Waals surface area (Å²) in [6.45, 7) is 7.23. The van der Waals surface area contributed by atoms with Crippen LogP contribution in [0.1, 0.15) is 34.8 Å². The van der Waals surface area contributed by atoms with Gasteiger partial charge in [0, 0.05) is 18.2 Å². The van der Waals surface area contributed by atoms with Crippen LogP contribution in [0.15, 0.2) is 17.0 Å². The maximum absolute atomic E-state index is 12.4. The molecule has 0 saturated carbocycles. The number of piperidine rings is 1. The second kappa shape index (κ2) is 6.36. The van der Waals surface area contributed by atoms with E-state index in [9.17, 15) is 13.2 Å². The van der Waals surface area contributed by atoms with Gasteiger partial charge in [-0.15, -0.1) is 0 Å². The Morgan fingerprint density at radius 2 is 2.05 bits per heavy atom. The first kappa shape index (κ1) is 16.9. The average molecular weight is 325 g/mol. The molecule has 0 radical (unpaired) electrons. The first-order valence-electron chi connectivity index (χ1n) is 7.35. The Bertz CT molecular complexity index is 686. The van der Waals surface area contributed by atoms with Crippen molar-refractivity contribution in [2.24, 2.45) is 11.1 Å². The van der Waals surface area contributed by atoms with Crippen LogP contribution in [0, 0.1) is 19.8 Å². The lowest BCUT2D eigenvalue weighted by molar-refractivity contribution is 0.0915. The molecule has 4 N–H and O–H groups in total. The zero-order chi connectivity index (χ0) is 16.5. The van der Waals surface area contributed by atoms with E-state index in [0.29, 0.717) is 17.0 Å². The minimum Gasteiger partial charge on any atom is -0.348 e. The Balaban J connectivity index is 2.28. The quantitative estimate of drug-likeness (QED) is 0.760. The molecule has 2 atom stereocenters. The van der Waals surface area contributed by atoms with E-state index >= 15 is 0 Å². The standard InChI is InChI=1S/C15H23N3O3S/c1-9-4-5-17-8-13(9)18-15(19)12-6-10(2)11(3)14(7-12)22(16,20)21/h6-7,9,13,17H,4-5,8H2,1-3H3,(H,18,19)(H2,16,20,21). The normalized spacial score (nSPS) is 22.4. The van der Waals surface area contributed by atoms with Gasteiger partial charge in [-0.3, -0.25) is 4.79 Å². The topological polar surface area (TPSA) is 101 Å². The Morgan fingerprint density at radius 3 is 2.64 bits per heavy atom. The minimum atomic E-state index is -3.85. The van der Waals surface area contributed by atoms with E-state index in [4.69, 9.17) is 5.14 Å². The molecule has 1 aromatic carbocycles. The molecule has 1 fully saturated rings. The van der Waals surface area contributed by atoms with Crippen molar-refractivity contribution in [3.63, 3.8) is 0 Å². The summed E-state index contributed by atoms with van der Waals surface area (Å²) in [4.78, 5) is 12.4. The van der Waals surface area contributed by atoms with Gasteiger partial charge in [0.15, 0.2) is 0 Å². The van der Waals surface area contributed by atoms with Crippen LogP contribution in [0.4, 0.5) is 0 Å². The van der Waals surface area contributed by atoms with Gasteiger partial charge in [0.05, 0.1) is 4.90 Å². The van der Waals surface area contributed by atoms with Crippen LogP contribution in [0.5, 0.6) is 0 Å². The highest BCUT2D eigenvalue weighted by atomic mass is 32.2. The van der Waals surface area contributed by atoms with Crippen molar-refractivity contribution in [1.82, 2.24) is 10.6 Å². The van der Waals surface area contributed by atoms with Gasteiger partial charge in [-0.05, 0) is 56.0 Å². The van der Waals surface area contributed by atoms with Gasteiger partial charge in [-0.25, -0.2) is 13.6 Å². The summed E-state index contributed by atoms with van der Waals surface area (Å²) in [5.74, 6) is 0.114. The predicted molar refractivity (Wildman–Crippen MR) is 85.2 cm³/mol. The number of carbonyl (C=O) groups is 1. The van der Waals surface area contributed by atoms with Crippen LogP contribution in [0.25, 0.3) is 0 Å². The molecule has 1 aromatic rings. The van der Waals surface area contributed by atoms with Gasteiger partial charge in [-0.2, -0.15) is 0 Å². The van der Waals surface area contributed by atoms with Crippen molar-refractivity contribution in [2.75, 3.05) is 13.1 Å². The Kier molecular flexibility index (Phi) is 4.89. The number of aryl methyl sites for hydroxylation is 1. The zero-order valence-electron chi connectivity index (χ0n) is 13.1. The van der Waals surface area contributed by atoms with Crippen LogP contribution < -0.4 is 15.8 Å². The van der Waals surface area contributed by atoms with Crippen LogP contribution in [-0.2, 0) is 10.0 Å². The molecule has 1 amide bonds. The lowest BCUT2D eigenvalue weighted by Crippen LogP contribution is -2.50. The summed E-state index contributed by atoms with van der Waals surface area (Å²) >= 11 is 0. The SMILES string of the molecule is Cc1cc(C(=O)NC2CNCCC2C)cc(S(N)(=O)=O)c1C. The third-order valence-electron chi connectivity index (χ3n) is 4.33. The van der Waals surface area contributed by atoms with E-state index in [1.165, 1.54) is 6.07 Å². The van der Waals surface area contributed by atoms with E-state index < -0.39 is 10.0 Å². The molecule has 0 aromatic heterocycles. The zero-order valence-corrected chi connectivity index (χ0v) is 14.0. The average Bonchev–Trinajstić information content (AvgIpc) is 2.42. The number of primary sulfonamides is 1. The minimum absolute atomic E-state index is 0.00691. The van der Waals surface area contributed by atoms with Crippen molar-refractivity contribution in [1.29, 1.82) is 0 Å². The third-order valence-corrected chi connectivity index (χ3v) is 5.37. The van der Waals surface area contributed by atoms with Crippen molar-refractivity contribution in [3.8, 4) is 0 Å². The molecule has 2 unspecified atom stereocenters. The summed E-state index contributed by atoms with van der Waals surface area (Å²) in [6, 6.07) is 3.09. The molecule has 1 saturated heterocycles. The van der Waals surface area contributed by atoms with Gasteiger partial charge >= 0.3 is 0 Å². The van der Waals surface area contributed by atoms with E-state index in [1.54, 1.807) is 19.9 Å². The van der Waals surface area contributed by atoms with Gasteiger partial charge in [-0.1, -0.05) is 6.92 Å². The van der Waals surface area contributed by atoms with Crippen LogP contribution in [0.3, 0.4) is 0 Å². The molecular weight excluding hydrogens is 302 g/mol. The van der Waals surface area contributed by atoms with E-state index in [2.05, 4.69) is 17.6 Å². The van der Waals surface area contributed by atoms with Gasteiger partial charge in [0.25, 0.3) is 5.91 Å². The molecule has 1 heterocycles. The highest BCUT2D eigenvalue weighted by Gasteiger charge is 2.24. The summed E-state index contributed by atoms with van der Waals surface area (Å²) in [5.41, 5.74) is 1.63. The molecule has 22 heavy (non-hydrogen) atoms. The summed E-state index contributed by atoms with van der Waals surface area (Å²) in [5, 5.41) is 11.5. The fourth-order valence-electron chi connectivity index (χ4n) is 2.69. The highest BCUT2D eigenvalue weighted by Crippen LogP contribution is 2.20. The predicted octanol–water partition coefficient (Wildman–Crippen LogP) is 0.679. The molecule has 0 aliphatic carbocycles. The third kappa shape index (κ3) is 3.66. The van der Waals surface area contributed by atoms with Gasteiger partial charge in [0.2, 0.25) is 10.0 Å². The van der Waals surface area contributed by atoms with Gasteiger partial charge in [0.1, 0.15) is 0 Å². The van der Waals surface area contributed by atoms with E-state index in [1.807, 2.05) is 0 Å². The number of nitrogens with one attached hydrogen (secondary N) is 2. The molecular formula is C15H23N3O3S. The van der Waals surface area contributed by atoms with Crippen LogP contribution in [0.2, 0.25) is 0 Å². The maximum Gasteiger partial charge on any atom is 0.251 e. The Hall–Kier alpha value is -1.44. The summed E-state index contributed by atoms with van der Waals surface area (Å²) in [7, 11) is -3.85. The monoisotopic (exact) mass is 325 g/mol. The van der Waals surface area contributed by atoms with Gasteiger partial charge < -0.3 is 10.6 Å².